The van der Waals surface area contributed by atoms with E-state index in [1.807, 2.05) is 22.9 Å². The van der Waals surface area contributed by atoms with Gasteiger partial charge in [0, 0.05) is 23.2 Å². The Hall–Kier alpha value is -0.700. The Morgan fingerprint density at radius 3 is 2.80 bits per heavy atom. The average Bonchev–Trinajstić information content (AvgIpc) is 2.48. The Kier molecular flexibility index (Phi) is 2.91. The van der Waals surface area contributed by atoms with Crippen LogP contribution in [0.5, 0.6) is 0 Å². The molecular formula is C11H11Cl2NO. The first-order chi connectivity index (χ1) is 7.08. The van der Waals surface area contributed by atoms with Gasteiger partial charge in [0.1, 0.15) is 0 Å². The molecule has 1 heterocycles. The van der Waals surface area contributed by atoms with E-state index in [2.05, 4.69) is 0 Å². The van der Waals surface area contributed by atoms with Gasteiger partial charge in [-0.2, -0.15) is 0 Å². The molecule has 15 heavy (non-hydrogen) atoms. The quantitative estimate of drug-likeness (QED) is 0.861. The highest BCUT2D eigenvalue weighted by molar-refractivity contribution is 6.38. The molecule has 0 spiro atoms. The fourth-order valence-corrected chi connectivity index (χ4v) is 2.21. The Bertz CT molecular complexity index is 491. The smallest absolute Gasteiger partial charge is 0.0691 e. The van der Waals surface area contributed by atoms with E-state index in [-0.39, 0.29) is 0 Å². The first-order valence-corrected chi connectivity index (χ1v) is 5.45. The SMILES string of the molecule is CC(O)Cn1ccc2c(Cl)cc(Cl)cc21. The summed E-state index contributed by atoms with van der Waals surface area (Å²) in [5, 5.41) is 11.5. The van der Waals surface area contributed by atoms with Crippen molar-refractivity contribution < 1.29 is 5.11 Å². The van der Waals surface area contributed by atoms with Crippen molar-refractivity contribution in [2.45, 2.75) is 19.6 Å². The predicted molar refractivity (Wildman–Crippen MR) is 63.6 cm³/mol. The standard InChI is InChI=1S/C11H11Cl2NO/c1-7(15)6-14-3-2-9-10(13)4-8(12)5-11(9)14/h2-5,7,15H,6H2,1H3. The fourth-order valence-electron chi connectivity index (χ4n) is 1.66. The highest BCUT2D eigenvalue weighted by Crippen LogP contribution is 2.28. The second-order valence-corrected chi connectivity index (χ2v) is 4.48. The van der Waals surface area contributed by atoms with Gasteiger partial charge in [0.25, 0.3) is 0 Å². The summed E-state index contributed by atoms with van der Waals surface area (Å²) in [6.07, 6.45) is 1.51. The molecule has 80 valence electrons. The number of fused-ring (bicyclic) bond motifs is 1. The lowest BCUT2D eigenvalue weighted by molar-refractivity contribution is 0.175. The van der Waals surface area contributed by atoms with Crippen LogP contribution >= 0.6 is 23.2 Å². The minimum atomic E-state index is -0.390. The largest absolute Gasteiger partial charge is 0.392 e. The number of aromatic nitrogens is 1. The molecule has 1 aromatic heterocycles. The van der Waals surface area contributed by atoms with E-state index >= 15 is 0 Å². The second kappa shape index (κ2) is 4.05. The summed E-state index contributed by atoms with van der Waals surface area (Å²) in [7, 11) is 0. The molecule has 0 saturated heterocycles. The van der Waals surface area contributed by atoms with E-state index < -0.39 is 6.10 Å². The Labute approximate surface area is 98.0 Å². The third-order valence-corrected chi connectivity index (χ3v) is 2.79. The Morgan fingerprint density at radius 2 is 2.13 bits per heavy atom. The van der Waals surface area contributed by atoms with Gasteiger partial charge >= 0.3 is 0 Å². The molecule has 0 radical (unpaired) electrons. The zero-order valence-electron chi connectivity index (χ0n) is 8.24. The van der Waals surface area contributed by atoms with Crippen LogP contribution in [0.1, 0.15) is 6.92 Å². The highest BCUT2D eigenvalue weighted by atomic mass is 35.5. The fraction of sp³-hybridized carbons (Fsp3) is 0.273. The lowest BCUT2D eigenvalue weighted by Gasteiger charge is -2.08. The van der Waals surface area contributed by atoms with Crippen molar-refractivity contribution in [1.29, 1.82) is 0 Å². The zero-order valence-corrected chi connectivity index (χ0v) is 9.76. The van der Waals surface area contributed by atoms with Crippen LogP contribution in [0.25, 0.3) is 10.9 Å². The van der Waals surface area contributed by atoms with E-state index in [4.69, 9.17) is 23.2 Å². The minimum Gasteiger partial charge on any atom is -0.392 e. The molecule has 2 nitrogen and oxygen atoms in total. The third kappa shape index (κ3) is 2.12. The summed E-state index contributed by atoms with van der Waals surface area (Å²) in [6.45, 7) is 2.29. The topological polar surface area (TPSA) is 25.2 Å². The summed E-state index contributed by atoms with van der Waals surface area (Å²) < 4.78 is 1.94. The van der Waals surface area contributed by atoms with Gasteiger partial charge in [-0.1, -0.05) is 23.2 Å². The predicted octanol–water partition coefficient (Wildman–Crippen LogP) is 3.33. The van der Waals surface area contributed by atoms with Gasteiger partial charge in [0.15, 0.2) is 0 Å². The number of hydrogen-bond donors (Lipinski definition) is 1. The van der Waals surface area contributed by atoms with Crippen LogP contribution in [0, 0.1) is 0 Å². The lowest BCUT2D eigenvalue weighted by atomic mass is 10.2. The molecule has 1 aromatic carbocycles. The minimum absolute atomic E-state index is 0.390. The maximum atomic E-state index is 9.34. The van der Waals surface area contributed by atoms with Crippen LogP contribution in [-0.4, -0.2) is 15.8 Å². The van der Waals surface area contributed by atoms with Crippen molar-refractivity contribution >= 4 is 34.1 Å². The molecule has 0 aliphatic carbocycles. The van der Waals surface area contributed by atoms with E-state index in [9.17, 15) is 5.11 Å². The van der Waals surface area contributed by atoms with E-state index in [0.717, 1.165) is 10.9 Å². The monoisotopic (exact) mass is 243 g/mol. The van der Waals surface area contributed by atoms with Crippen molar-refractivity contribution in [2.24, 2.45) is 0 Å². The van der Waals surface area contributed by atoms with Crippen LogP contribution < -0.4 is 0 Å². The maximum absolute atomic E-state index is 9.34. The van der Waals surface area contributed by atoms with Gasteiger partial charge < -0.3 is 9.67 Å². The van der Waals surface area contributed by atoms with Crippen LogP contribution in [0.4, 0.5) is 0 Å². The first kappa shape index (κ1) is 10.8. The second-order valence-electron chi connectivity index (χ2n) is 3.64. The summed E-state index contributed by atoms with van der Waals surface area (Å²) in [4.78, 5) is 0. The van der Waals surface area contributed by atoms with Crippen molar-refractivity contribution in [3.63, 3.8) is 0 Å². The van der Waals surface area contributed by atoms with E-state index in [1.54, 1.807) is 13.0 Å². The molecule has 2 rings (SSSR count). The molecule has 0 amide bonds. The van der Waals surface area contributed by atoms with Crippen LogP contribution in [0.2, 0.25) is 10.0 Å². The average molecular weight is 244 g/mol. The number of aliphatic hydroxyl groups excluding tert-OH is 1. The number of halogens is 2. The highest BCUT2D eigenvalue weighted by Gasteiger charge is 2.07. The molecular weight excluding hydrogens is 233 g/mol. The van der Waals surface area contributed by atoms with Crippen LogP contribution in [-0.2, 0) is 6.54 Å². The molecule has 2 aromatic rings. The van der Waals surface area contributed by atoms with Gasteiger partial charge in [-0.3, -0.25) is 0 Å². The van der Waals surface area contributed by atoms with Crippen molar-refractivity contribution in [3.8, 4) is 0 Å². The molecule has 0 aliphatic heterocycles. The number of rotatable bonds is 2. The molecule has 0 saturated carbocycles. The molecule has 1 N–H and O–H groups in total. The maximum Gasteiger partial charge on any atom is 0.0691 e. The van der Waals surface area contributed by atoms with Gasteiger partial charge in [-0.15, -0.1) is 0 Å². The van der Waals surface area contributed by atoms with Gasteiger partial charge in [-0.05, 0) is 25.1 Å². The van der Waals surface area contributed by atoms with Crippen molar-refractivity contribution in [2.75, 3.05) is 0 Å². The summed E-state index contributed by atoms with van der Waals surface area (Å²) in [5.41, 5.74) is 0.952. The van der Waals surface area contributed by atoms with Gasteiger partial charge in [0.05, 0.1) is 16.6 Å². The Balaban J connectivity index is 2.58. The van der Waals surface area contributed by atoms with Crippen LogP contribution in [0.15, 0.2) is 24.4 Å². The molecule has 0 fully saturated rings. The van der Waals surface area contributed by atoms with Crippen molar-refractivity contribution in [3.05, 3.63) is 34.4 Å². The van der Waals surface area contributed by atoms with E-state index in [0.29, 0.717) is 16.6 Å². The molecule has 4 heteroatoms. The van der Waals surface area contributed by atoms with E-state index in [1.165, 1.54) is 0 Å². The lowest BCUT2D eigenvalue weighted by Crippen LogP contribution is -2.10. The number of aliphatic hydroxyl groups is 1. The van der Waals surface area contributed by atoms with Gasteiger partial charge in [-0.25, -0.2) is 0 Å². The summed E-state index contributed by atoms with van der Waals surface area (Å²) in [6, 6.07) is 5.50. The Morgan fingerprint density at radius 1 is 1.40 bits per heavy atom. The summed E-state index contributed by atoms with van der Waals surface area (Å²) in [5.74, 6) is 0. The van der Waals surface area contributed by atoms with Crippen molar-refractivity contribution in [1.82, 2.24) is 4.57 Å². The molecule has 0 aliphatic rings. The molecule has 0 bridgehead atoms. The van der Waals surface area contributed by atoms with Gasteiger partial charge in [0.2, 0.25) is 0 Å². The molecule has 1 atom stereocenters. The molecule has 1 unspecified atom stereocenters. The summed E-state index contributed by atoms with van der Waals surface area (Å²) >= 11 is 12.0. The number of hydrogen-bond acceptors (Lipinski definition) is 1. The number of benzene rings is 1. The van der Waals surface area contributed by atoms with Crippen LogP contribution in [0.3, 0.4) is 0 Å². The zero-order chi connectivity index (χ0) is 11.0. The normalized spacial score (nSPS) is 13.3. The number of nitrogens with zero attached hydrogens (tertiary/aromatic N) is 1. The third-order valence-electron chi connectivity index (χ3n) is 2.26. The first-order valence-electron chi connectivity index (χ1n) is 4.70.